The number of ether oxygens (including phenoxy) is 1. The number of fused-ring (bicyclic) bond motifs is 2. The Hall–Kier alpha value is -3.08. The summed E-state index contributed by atoms with van der Waals surface area (Å²) < 4.78 is 7.32. The molecular weight excluding hydrogens is 486 g/mol. The Morgan fingerprint density at radius 1 is 1.19 bits per heavy atom. The molecule has 5 heterocycles. The van der Waals surface area contributed by atoms with Crippen molar-refractivity contribution in [2.24, 2.45) is 0 Å². The van der Waals surface area contributed by atoms with Crippen LogP contribution in [-0.2, 0) is 17.8 Å². The van der Waals surface area contributed by atoms with Crippen LogP contribution in [0.25, 0.3) is 16.6 Å². The number of rotatable bonds is 7. The Bertz CT molecular complexity index is 1390. The van der Waals surface area contributed by atoms with Crippen molar-refractivity contribution < 1.29 is 9.84 Å². The van der Waals surface area contributed by atoms with Crippen LogP contribution in [0.5, 0.6) is 0 Å². The van der Waals surface area contributed by atoms with Gasteiger partial charge in [0, 0.05) is 41.4 Å². The first kappa shape index (κ1) is 24.3. The van der Waals surface area contributed by atoms with Crippen LogP contribution in [0.1, 0.15) is 59.8 Å². The first-order valence-electron chi connectivity index (χ1n) is 13.0. The summed E-state index contributed by atoms with van der Waals surface area (Å²) in [5.41, 5.74) is 5.51. The average molecular weight is 520 g/mol. The smallest absolute Gasteiger partial charge is 0.241 e. The lowest BCUT2D eigenvalue weighted by atomic mass is 9.85. The molecule has 4 aromatic rings. The molecule has 0 aromatic carbocycles. The molecule has 10 heteroatoms. The van der Waals surface area contributed by atoms with Crippen LogP contribution in [0.4, 0.5) is 11.8 Å². The molecule has 194 valence electrons. The van der Waals surface area contributed by atoms with Gasteiger partial charge in [0.15, 0.2) is 0 Å². The maximum atomic E-state index is 10.1. The fraction of sp³-hybridized carbons (Fsp3) is 0.481. The summed E-state index contributed by atoms with van der Waals surface area (Å²) in [6.45, 7) is 6.33. The van der Waals surface area contributed by atoms with Gasteiger partial charge < -0.3 is 20.1 Å². The van der Waals surface area contributed by atoms with E-state index in [4.69, 9.17) is 14.8 Å². The van der Waals surface area contributed by atoms with Crippen LogP contribution in [0.15, 0.2) is 30.6 Å². The molecule has 0 saturated heterocycles. The second-order valence-corrected chi connectivity index (χ2v) is 11.5. The van der Waals surface area contributed by atoms with E-state index < -0.39 is 0 Å². The van der Waals surface area contributed by atoms with Gasteiger partial charge in [-0.15, -0.1) is 16.4 Å². The number of nitrogens with zero attached hydrogens (tertiary/aromatic N) is 6. The number of methoxy groups -OCH3 is 1. The number of thiazole rings is 1. The number of aliphatic hydroxyl groups is 1. The monoisotopic (exact) mass is 519 g/mol. The predicted molar refractivity (Wildman–Crippen MR) is 145 cm³/mol. The van der Waals surface area contributed by atoms with Gasteiger partial charge in [0.25, 0.3) is 0 Å². The fourth-order valence-electron chi connectivity index (χ4n) is 5.58. The average Bonchev–Trinajstić information content (AvgIpc) is 3.56. The molecule has 1 unspecified atom stereocenters. The summed E-state index contributed by atoms with van der Waals surface area (Å²) in [7, 11) is 1.69. The number of aliphatic hydroxyl groups excluding tert-OH is 1. The van der Waals surface area contributed by atoms with Gasteiger partial charge in [-0.3, -0.25) is 0 Å². The number of hydrogen-bond donors (Lipinski definition) is 2. The first-order chi connectivity index (χ1) is 18.0. The first-order valence-corrected chi connectivity index (χ1v) is 13.8. The zero-order chi connectivity index (χ0) is 25.5. The summed E-state index contributed by atoms with van der Waals surface area (Å²) in [6.07, 6.45) is 7.13. The topological polar surface area (TPSA) is 101 Å². The Balaban J connectivity index is 1.36. The molecule has 1 aliphatic carbocycles. The highest BCUT2D eigenvalue weighted by atomic mass is 32.1. The minimum Gasteiger partial charge on any atom is -0.393 e. The van der Waals surface area contributed by atoms with Gasteiger partial charge in [0.1, 0.15) is 5.82 Å². The summed E-state index contributed by atoms with van der Waals surface area (Å²) in [5, 5.41) is 19.5. The summed E-state index contributed by atoms with van der Waals surface area (Å²) in [4.78, 5) is 17.6. The van der Waals surface area contributed by atoms with Crippen LogP contribution in [-0.4, -0.2) is 55.5 Å². The van der Waals surface area contributed by atoms with Crippen molar-refractivity contribution in [3.8, 4) is 11.1 Å². The third-order valence-electron chi connectivity index (χ3n) is 7.39. The Morgan fingerprint density at radius 3 is 2.81 bits per heavy atom. The molecule has 6 rings (SSSR count). The van der Waals surface area contributed by atoms with Gasteiger partial charge in [-0.1, -0.05) is 0 Å². The molecule has 1 fully saturated rings. The van der Waals surface area contributed by atoms with E-state index in [9.17, 15) is 5.11 Å². The van der Waals surface area contributed by atoms with E-state index in [1.165, 1.54) is 16.3 Å². The molecule has 9 nitrogen and oxygen atoms in total. The van der Waals surface area contributed by atoms with Crippen molar-refractivity contribution in [2.45, 2.75) is 70.7 Å². The molecule has 0 spiro atoms. The van der Waals surface area contributed by atoms with Crippen molar-refractivity contribution in [1.82, 2.24) is 24.6 Å². The Labute approximate surface area is 220 Å². The largest absolute Gasteiger partial charge is 0.393 e. The lowest BCUT2D eigenvalue weighted by molar-refractivity contribution is 0.121. The quantitative estimate of drug-likeness (QED) is 0.367. The van der Waals surface area contributed by atoms with E-state index in [1.54, 1.807) is 18.4 Å². The highest BCUT2D eigenvalue weighted by Gasteiger charge is 2.27. The maximum Gasteiger partial charge on any atom is 0.241 e. The molecule has 37 heavy (non-hydrogen) atoms. The minimum atomic E-state index is -0.201. The van der Waals surface area contributed by atoms with E-state index in [-0.39, 0.29) is 12.1 Å². The Kier molecular flexibility index (Phi) is 6.56. The maximum absolute atomic E-state index is 10.1. The molecule has 2 aliphatic rings. The van der Waals surface area contributed by atoms with Gasteiger partial charge in [-0.25, -0.2) is 19.5 Å². The SMILES string of the molecule is COCC(C)Nc1ncc2c(-c3ccnc(N4Cc5nc(C)sc5C4)c3)cc(C3CCC(O)CC3)n2n1. The number of aromatic nitrogens is 5. The van der Waals surface area contributed by atoms with Crippen LogP contribution in [0.2, 0.25) is 0 Å². The lowest BCUT2D eigenvalue weighted by Gasteiger charge is -2.25. The van der Waals surface area contributed by atoms with Crippen LogP contribution in [0.3, 0.4) is 0 Å². The van der Waals surface area contributed by atoms with Crippen LogP contribution < -0.4 is 10.2 Å². The second-order valence-electron chi connectivity index (χ2n) is 10.2. The molecule has 1 aliphatic heterocycles. The van der Waals surface area contributed by atoms with E-state index >= 15 is 0 Å². The van der Waals surface area contributed by atoms with Gasteiger partial charge in [0.05, 0.1) is 48.2 Å². The van der Waals surface area contributed by atoms with Crippen molar-refractivity contribution >= 4 is 28.6 Å². The van der Waals surface area contributed by atoms with E-state index in [0.29, 0.717) is 18.5 Å². The summed E-state index contributed by atoms with van der Waals surface area (Å²) in [6, 6.07) is 6.59. The second kappa shape index (κ2) is 10.00. The molecule has 4 aromatic heterocycles. The summed E-state index contributed by atoms with van der Waals surface area (Å²) in [5.74, 6) is 1.88. The van der Waals surface area contributed by atoms with Crippen molar-refractivity contribution in [1.29, 1.82) is 0 Å². The van der Waals surface area contributed by atoms with Crippen molar-refractivity contribution in [3.63, 3.8) is 0 Å². The molecular formula is C27H33N7O2S. The van der Waals surface area contributed by atoms with Gasteiger partial charge in [0.2, 0.25) is 5.95 Å². The van der Waals surface area contributed by atoms with Crippen LogP contribution in [0, 0.1) is 6.92 Å². The molecule has 0 amide bonds. The number of pyridine rings is 1. The molecule has 0 bridgehead atoms. The van der Waals surface area contributed by atoms with Crippen LogP contribution >= 0.6 is 11.3 Å². The fourth-order valence-corrected chi connectivity index (χ4v) is 6.54. The highest BCUT2D eigenvalue weighted by Crippen LogP contribution is 2.39. The summed E-state index contributed by atoms with van der Waals surface area (Å²) >= 11 is 1.77. The highest BCUT2D eigenvalue weighted by molar-refractivity contribution is 7.11. The molecule has 1 saturated carbocycles. The zero-order valence-corrected chi connectivity index (χ0v) is 22.3. The molecule has 1 atom stereocenters. The zero-order valence-electron chi connectivity index (χ0n) is 21.5. The number of aryl methyl sites for hydroxylation is 1. The Morgan fingerprint density at radius 2 is 2.03 bits per heavy atom. The van der Waals surface area contributed by atoms with E-state index in [2.05, 4.69) is 45.3 Å². The normalized spacial score (nSPS) is 20.4. The standard InChI is InChI=1S/C27H33N7O2S/c1-16(15-36-3)30-27-29-12-24-21(11-23(34(24)32-27)18-4-6-20(35)7-5-18)19-8-9-28-26(10-19)33-13-22-25(14-33)37-17(2)31-22/h8-12,16,18,20,35H,4-7,13-15H2,1-3H3,(H,30,32). The third kappa shape index (κ3) is 4.81. The van der Waals surface area contributed by atoms with Crippen molar-refractivity contribution in [3.05, 3.63) is 51.9 Å². The lowest BCUT2D eigenvalue weighted by Crippen LogP contribution is -2.23. The molecule has 0 radical (unpaired) electrons. The minimum absolute atomic E-state index is 0.0931. The third-order valence-corrected chi connectivity index (χ3v) is 8.39. The van der Waals surface area contributed by atoms with E-state index in [0.717, 1.165) is 66.2 Å². The molecule has 2 N–H and O–H groups in total. The van der Waals surface area contributed by atoms with Gasteiger partial charge in [-0.05, 0) is 63.3 Å². The number of nitrogens with one attached hydrogen (secondary N) is 1. The van der Waals surface area contributed by atoms with Gasteiger partial charge >= 0.3 is 0 Å². The number of hydrogen-bond acceptors (Lipinski definition) is 9. The predicted octanol–water partition coefficient (Wildman–Crippen LogP) is 4.54. The van der Waals surface area contributed by atoms with Gasteiger partial charge in [-0.2, -0.15) is 0 Å². The van der Waals surface area contributed by atoms with Crippen molar-refractivity contribution in [2.75, 3.05) is 23.9 Å². The van der Waals surface area contributed by atoms with E-state index in [1.807, 2.05) is 23.8 Å². The number of anilines is 2.